The first-order chi connectivity index (χ1) is 13.1. The van der Waals surface area contributed by atoms with Gasteiger partial charge in [0.15, 0.2) is 0 Å². The second-order valence-corrected chi connectivity index (χ2v) is 7.88. The molecule has 2 bridgehead atoms. The number of benzene rings is 1. The fourth-order valence-corrected chi connectivity index (χ4v) is 5.25. The van der Waals surface area contributed by atoms with Gasteiger partial charge in [0, 0.05) is 29.4 Å². The summed E-state index contributed by atoms with van der Waals surface area (Å²) in [6, 6.07) is 8.59. The summed E-state index contributed by atoms with van der Waals surface area (Å²) in [7, 11) is 1.40. The number of carbonyl (C=O) groups is 2. The Kier molecular flexibility index (Phi) is 4.44. The minimum absolute atomic E-state index is 0.00553. The molecule has 1 amide bonds. The number of ether oxygens (including phenoxy) is 1. The molecule has 0 aliphatic carbocycles. The lowest BCUT2D eigenvalue weighted by Crippen LogP contribution is -2.47. The van der Waals surface area contributed by atoms with Crippen LogP contribution in [0.1, 0.15) is 40.9 Å². The number of hydrogen-bond acceptors (Lipinski definition) is 6. The summed E-state index contributed by atoms with van der Waals surface area (Å²) in [6.45, 7) is 0. The SMILES string of the molecule is COC(=O)[C@@]1(Cc2cscn2)C[C@H]2CC[C@@H]1N2C(=O)c1cccc(C#N)c1. The molecular formula is C20H19N3O3S. The van der Waals surface area contributed by atoms with Gasteiger partial charge in [-0.05, 0) is 37.5 Å². The Morgan fingerprint density at radius 2 is 2.30 bits per heavy atom. The lowest BCUT2D eigenvalue weighted by Gasteiger charge is -2.34. The van der Waals surface area contributed by atoms with Gasteiger partial charge in [-0.15, -0.1) is 11.3 Å². The quantitative estimate of drug-likeness (QED) is 0.761. The maximum absolute atomic E-state index is 13.2. The van der Waals surface area contributed by atoms with Crippen molar-refractivity contribution in [3.63, 3.8) is 0 Å². The highest BCUT2D eigenvalue weighted by Crippen LogP contribution is 2.52. The summed E-state index contributed by atoms with van der Waals surface area (Å²) in [5.41, 5.74) is 2.80. The number of nitrogens with zero attached hydrogens (tertiary/aromatic N) is 3. The van der Waals surface area contributed by atoms with Crippen LogP contribution in [-0.2, 0) is 16.0 Å². The molecule has 1 aromatic heterocycles. The normalized spacial score (nSPS) is 26.0. The number of thiazole rings is 1. The summed E-state index contributed by atoms with van der Waals surface area (Å²) in [5.74, 6) is -0.394. The molecule has 2 aromatic rings. The molecule has 4 rings (SSSR count). The van der Waals surface area contributed by atoms with E-state index < -0.39 is 5.41 Å². The molecule has 3 heterocycles. The molecule has 2 fully saturated rings. The van der Waals surface area contributed by atoms with Gasteiger partial charge in [-0.1, -0.05) is 6.07 Å². The van der Waals surface area contributed by atoms with Gasteiger partial charge in [0.2, 0.25) is 0 Å². The minimum Gasteiger partial charge on any atom is -0.469 e. The minimum atomic E-state index is -0.756. The number of nitriles is 1. The maximum atomic E-state index is 13.2. The van der Waals surface area contributed by atoms with Gasteiger partial charge in [0.1, 0.15) is 0 Å². The summed E-state index contributed by atoms with van der Waals surface area (Å²) in [4.78, 5) is 32.3. The van der Waals surface area contributed by atoms with Gasteiger partial charge in [-0.2, -0.15) is 5.26 Å². The molecule has 2 aliphatic heterocycles. The molecule has 3 atom stereocenters. The Labute approximate surface area is 161 Å². The highest BCUT2D eigenvalue weighted by molar-refractivity contribution is 7.07. The lowest BCUT2D eigenvalue weighted by molar-refractivity contribution is -0.154. The number of aromatic nitrogens is 1. The van der Waals surface area contributed by atoms with Crippen LogP contribution in [0.3, 0.4) is 0 Å². The van der Waals surface area contributed by atoms with E-state index in [1.165, 1.54) is 18.4 Å². The zero-order chi connectivity index (χ0) is 19.0. The predicted molar refractivity (Wildman–Crippen MR) is 99.0 cm³/mol. The van der Waals surface area contributed by atoms with Crippen molar-refractivity contribution >= 4 is 23.2 Å². The lowest BCUT2D eigenvalue weighted by atomic mass is 9.71. The van der Waals surface area contributed by atoms with Gasteiger partial charge in [-0.25, -0.2) is 4.98 Å². The maximum Gasteiger partial charge on any atom is 0.314 e. The van der Waals surface area contributed by atoms with E-state index >= 15 is 0 Å². The van der Waals surface area contributed by atoms with Crippen LogP contribution < -0.4 is 0 Å². The topological polar surface area (TPSA) is 83.3 Å². The molecule has 2 saturated heterocycles. The average Bonchev–Trinajstić information content (AvgIpc) is 3.42. The van der Waals surface area contributed by atoms with E-state index in [-0.39, 0.29) is 24.0 Å². The van der Waals surface area contributed by atoms with Gasteiger partial charge in [0.05, 0.1) is 35.4 Å². The third-order valence-corrected chi connectivity index (χ3v) is 6.42. The fraction of sp³-hybridized carbons (Fsp3) is 0.400. The van der Waals surface area contributed by atoms with E-state index in [1.807, 2.05) is 10.3 Å². The van der Waals surface area contributed by atoms with Crippen molar-refractivity contribution in [1.29, 1.82) is 5.26 Å². The van der Waals surface area contributed by atoms with Crippen LogP contribution >= 0.6 is 11.3 Å². The smallest absolute Gasteiger partial charge is 0.314 e. The molecule has 0 spiro atoms. The Morgan fingerprint density at radius 3 is 3.00 bits per heavy atom. The first-order valence-corrected chi connectivity index (χ1v) is 9.81. The van der Waals surface area contributed by atoms with Crippen LogP contribution in [-0.4, -0.2) is 41.0 Å². The molecule has 6 nitrogen and oxygen atoms in total. The van der Waals surface area contributed by atoms with Gasteiger partial charge < -0.3 is 9.64 Å². The number of esters is 1. The molecule has 0 saturated carbocycles. The van der Waals surface area contributed by atoms with E-state index in [9.17, 15) is 9.59 Å². The largest absolute Gasteiger partial charge is 0.469 e. The van der Waals surface area contributed by atoms with Crippen LogP contribution in [0.25, 0.3) is 0 Å². The van der Waals surface area contributed by atoms with E-state index in [4.69, 9.17) is 10.00 Å². The van der Waals surface area contributed by atoms with E-state index in [0.29, 0.717) is 24.0 Å². The van der Waals surface area contributed by atoms with Gasteiger partial charge in [-0.3, -0.25) is 9.59 Å². The van der Waals surface area contributed by atoms with E-state index in [2.05, 4.69) is 11.1 Å². The van der Waals surface area contributed by atoms with Crippen molar-refractivity contribution in [2.45, 2.75) is 37.8 Å². The van der Waals surface area contributed by atoms with Crippen molar-refractivity contribution in [2.24, 2.45) is 5.41 Å². The number of hydrogen-bond donors (Lipinski definition) is 0. The van der Waals surface area contributed by atoms with Crippen LogP contribution in [0.5, 0.6) is 0 Å². The van der Waals surface area contributed by atoms with Crippen molar-refractivity contribution in [1.82, 2.24) is 9.88 Å². The molecule has 138 valence electrons. The molecular weight excluding hydrogens is 362 g/mol. The highest BCUT2D eigenvalue weighted by Gasteiger charge is 2.62. The summed E-state index contributed by atoms with van der Waals surface area (Å²) in [5, 5.41) is 11.1. The van der Waals surface area contributed by atoms with Crippen LogP contribution in [0, 0.1) is 16.7 Å². The third-order valence-electron chi connectivity index (χ3n) is 5.79. The van der Waals surface area contributed by atoms with Crippen molar-refractivity contribution in [3.8, 4) is 6.07 Å². The number of methoxy groups -OCH3 is 1. The monoisotopic (exact) mass is 381 g/mol. The molecule has 0 unspecified atom stereocenters. The number of rotatable bonds is 4. The molecule has 7 heteroatoms. The third kappa shape index (κ3) is 2.81. The standard InChI is InChI=1S/C20H19N3O3S/c1-26-19(25)20(8-15-11-27-12-22-15)9-16-5-6-17(20)23(16)18(24)14-4-2-3-13(7-14)10-21/h2-4,7,11-12,16-17H,5-6,8-9H2,1H3/t16-,17+,20+/m1/s1. The van der Waals surface area contributed by atoms with E-state index in [1.54, 1.807) is 29.8 Å². The number of amides is 1. The average molecular weight is 381 g/mol. The van der Waals surface area contributed by atoms with Crippen LogP contribution in [0.15, 0.2) is 35.2 Å². The van der Waals surface area contributed by atoms with Crippen molar-refractivity contribution < 1.29 is 14.3 Å². The van der Waals surface area contributed by atoms with Crippen molar-refractivity contribution in [3.05, 3.63) is 52.0 Å². The molecule has 1 aromatic carbocycles. The van der Waals surface area contributed by atoms with E-state index in [0.717, 1.165) is 18.5 Å². The summed E-state index contributed by atoms with van der Waals surface area (Å²) in [6.07, 6.45) is 2.72. The summed E-state index contributed by atoms with van der Waals surface area (Å²) >= 11 is 1.49. The Balaban J connectivity index is 1.69. The predicted octanol–water partition coefficient (Wildman–Crippen LogP) is 2.79. The Morgan fingerprint density at radius 1 is 1.44 bits per heavy atom. The Hall–Kier alpha value is -2.72. The number of fused-ring (bicyclic) bond motifs is 2. The first-order valence-electron chi connectivity index (χ1n) is 8.87. The number of carbonyl (C=O) groups excluding carboxylic acids is 2. The van der Waals surface area contributed by atoms with Gasteiger partial charge in [0.25, 0.3) is 5.91 Å². The molecule has 0 N–H and O–H groups in total. The zero-order valence-electron chi connectivity index (χ0n) is 14.9. The highest BCUT2D eigenvalue weighted by atomic mass is 32.1. The zero-order valence-corrected chi connectivity index (χ0v) is 15.7. The second-order valence-electron chi connectivity index (χ2n) is 7.16. The summed E-state index contributed by atoms with van der Waals surface area (Å²) < 4.78 is 5.16. The second kappa shape index (κ2) is 6.78. The van der Waals surface area contributed by atoms with Crippen LogP contribution in [0.2, 0.25) is 0 Å². The van der Waals surface area contributed by atoms with Crippen LogP contribution in [0.4, 0.5) is 0 Å². The van der Waals surface area contributed by atoms with Crippen molar-refractivity contribution in [2.75, 3.05) is 7.11 Å². The first kappa shape index (κ1) is 17.7. The van der Waals surface area contributed by atoms with Gasteiger partial charge >= 0.3 is 5.97 Å². The molecule has 27 heavy (non-hydrogen) atoms. The molecule has 2 aliphatic rings. The Bertz CT molecular complexity index is 921. The fourth-order valence-electron chi connectivity index (χ4n) is 4.69. The molecule has 0 radical (unpaired) electrons.